The molecule has 2 N–H and O–H groups in total. The third kappa shape index (κ3) is 2.36. The van der Waals surface area contributed by atoms with Gasteiger partial charge in [-0.2, -0.15) is 5.10 Å². The van der Waals surface area contributed by atoms with E-state index in [1.807, 2.05) is 17.8 Å². The highest BCUT2D eigenvalue weighted by Crippen LogP contribution is 2.43. The number of nitrogens with zero attached hydrogens (tertiary/aromatic N) is 2. The molecule has 4 nitrogen and oxygen atoms in total. The van der Waals surface area contributed by atoms with Crippen LogP contribution in [0.1, 0.15) is 51.3 Å². The molecule has 1 atom stereocenters. The molecule has 0 amide bonds. The Bertz CT molecular complexity index is 399. The summed E-state index contributed by atoms with van der Waals surface area (Å²) in [4.78, 5) is 0. The Hall–Kier alpha value is -0.390. The summed E-state index contributed by atoms with van der Waals surface area (Å²) in [5.41, 5.74) is 7.39. The Morgan fingerprint density at radius 1 is 1.50 bits per heavy atom. The molecule has 1 aliphatic carbocycles. The molecule has 1 unspecified atom stereocenters. The second kappa shape index (κ2) is 5.72. The van der Waals surface area contributed by atoms with Crippen LogP contribution in [0.4, 0.5) is 0 Å². The van der Waals surface area contributed by atoms with Gasteiger partial charge in [0.15, 0.2) is 0 Å². The molecule has 5 heteroatoms. The monoisotopic (exact) mass is 315 g/mol. The van der Waals surface area contributed by atoms with E-state index in [0.29, 0.717) is 6.61 Å². The summed E-state index contributed by atoms with van der Waals surface area (Å²) in [6, 6.07) is -0.114. The van der Waals surface area contributed by atoms with E-state index >= 15 is 0 Å². The zero-order valence-electron chi connectivity index (χ0n) is 11.2. The zero-order chi connectivity index (χ0) is 13.2. The van der Waals surface area contributed by atoms with Gasteiger partial charge in [-0.15, -0.1) is 0 Å². The molecule has 1 heterocycles. The molecule has 0 radical (unpaired) electrons. The summed E-state index contributed by atoms with van der Waals surface area (Å²) >= 11 is 3.56. The van der Waals surface area contributed by atoms with Gasteiger partial charge in [0, 0.05) is 13.2 Å². The summed E-state index contributed by atoms with van der Waals surface area (Å²) in [5, 5.41) is 4.35. The number of halogens is 1. The molecule has 1 aliphatic rings. The van der Waals surface area contributed by atoms with Crippen molar-refractivity contribution in [3.8, 4) is 0 Å². The molecular formula is C13H22BrN3O. The minimum atomic E-state index is -0.204. The number of hydrogen-bond acceptors (Lipinski definition) is 3. The largest absolute Gasteiger partial charge is 0.373 e. The quantitative estimate of drug-likeness (QED) is 0.908. The van der Waals surface area contributed by atoms with Gasteiger partial charge in [-0.3, -0.25) is 4.68 Å². The first-order valence-electron chi connectivity index (χ1n) is 6.75. The lowest BCUT2D eigenvalue weighted by Gasteiger charge is -2.35. The van der Waals surface area contributed by atoms with Crippen molar-refractivity contribution in [3.63, 3.8) is 0 Å². The van der Waals surface area contributed by atoms with Crippen molar-refractivity contribution < 1.29 is 4.74 Å². The average Bonchev–Trinajstić information content (AvgIpc) is 2.96. The van der Waals surface area contributed by atoms with E-state index in [2.05, 4.69) is 28.0 Å². The maximum absolute atomic E-state index is 6.53. The van der Waals surface area contributed by atoms with Crippen molar-refractivity contribution in [2.45, 2.75) is 57.7 Å². The van der Waals surface area contributed by atoms with Crippen LogP contribution < -0.4 is 5.73 Å². The van der Waals surface area contributed by atoms with Gasteiger partial charge in [0.1, 0.15) is 0 Å². The van der Waals surface area contributed by atoms with Crippen LogP contribution in [0.15, 0.2) is 10.7 Å². The fraction of sp³-hybridized carbons (Fsp3) is 0.769. The normalized spacial score (nSPS) is 20.2. The molecule has 1 aromatic rings. The van der Waals surface area contributed by atoms with E-state index in [9.17, 15) is 0 Å². The van der Waals surface area contributed by atoms with Crippen LogP contribution in [0.2, 0.25) is 0 Å². The number of aromatic nitrogens is 2. The predicted octanol–water partition coefficient (Wildman–Crippen LogP) is 3.01. The van der Waals surface area contributed by atoms with Crippen LogP contribution in [0.25, 0.3) is 0 Å². The van der Waals surface area contributed by atoms with E-state index < -0.39 is 0 Å². The van der Waals surface area contributed by atoms with Gasteiger partial charge in [0.25, 0.3) is 0 Å². The molecule has 2 rings (SSSR count). The summed E-state index contributed by atoms with van der Waals surface area (Å²) in [7, 11) is 0. The van der Waals surface area contributed by atoms with E-state index in [4.69, 9.17) is 10.5 Å². The molecule has 1 fully saturated rings. The fourth-order valence-electron chi connectivity index (χ4n) is 2.99. The van der Waals surface area contributed by atoms with E-state index in [1.54, 1.807) is 0 Å². The highest BCUT2D eigenvalue weighted by molar-refractivity contribution is 9.10. The standard InChI is InChI=1S/C13H22BrN3O/c1-3-17-11(10(14)9-16-17)12(15)13(18-4-2)7-5-6-8-13/h9,12H,3-8,15H2,1-2H3. The molecule has 18 heavy (non-hydrogen) atoms. The van der Waals surface area contributed by atoms with Gasteiger partial charge < -0.3 is 10.5 Å². The Balaban J connectivity index is 2.33. The van der Waals surface area contributed by atoms with E-state index in [1.165, 1.54) is 12.8 Å². The first-order valence-corrected chi connectivity index (χ1v) is 7.54. The number of rotatable bonds is 5. The predicted molar refractivity (Wildman–Crippen MR) is 75.4 cm³/mol. The second-order valence-corrected chi connectivity index (χ2v) is 5.73. The molecule has 1 saturated carbocycles. The van der Waals surface area contributed by atoms with Crippen molar-refractivity contribution in [1.29, 1.82) is 0 Å². The molecule has 0 spiro atoms. The van der Waals surface area contributed by atoms with Gasteiger partial charge in [-0.25, -0.2) is 0 Å². The maximum atomic E-state index is 6.53. The molecule has 0 bridgehead atoms. The van der Waals surface area contributed by atoms with Crippen LogP contribution in [0.5, 0.6) is 0 Å². The van der Waals surface area contributed by atoms with Crippen molar-refractivity contribution in [2.24, 2.45) is 5.73 Å². The highest BCUT2D eigenvalue weighted by atomic mass is 79.9. The van der Waals surface area contributed by atoms with Gasteiger partial charge in [-0.1, -0.05) is 12.8 Å². The van der Waals surface area contributed by atoms with Crippen LogP contribution in [0.3, 0.4) is 0 Å². The minimum absolute atomic E-state index is 0.114. The van der Waals surface area contributed by atoms with Gasteiger partial charge >= 0.3 is 0 Å². The molecule has 0 saturated heterocycles. The smallest absolute Gasteiger partial charge is 0.0889 e. The van der Waals surface area contributed by atoms with E-state index in [0.717, 1.165) is 29.6 Å². The lowest BCUT2D eigenvalue weighted by molar-refractivity contribution is -0.0554. The molecule has 102 valence electrons. The fourth-order valence-corrected chi connectivity index (χ4v) is 3.53. The van der Waals surface area contributed by atoms with E-state index in [-0.39, 0.29) is 11.6 Å². The topological polar surface area (TPSA) is 53.1 Å². The number of aryl methyl sites for hydroxylation is 1. The minimum Gasteiger partial charge on any atom is -0.373 e. The summed E-state index contributed by atoms with van der Waals surface area (Å²) in [6.07, 6.45) is 6.32. The van der Waals surface area contributed by atoms with Crippen molar-refractivity contribution >= 4 is 15.9 Å². The molecular weight excluding hydrogens is 294 g/mol. The summed E-state index contributed by atoms with van der Waals surface area (Å²) < 4.78 is 9.00. The zero-order valence-corrected chi connectivity index (χ0v) is 12.7. The average molecular weight is 316 g/mol. The van der Waals surface area contributed by atoms with Crippen molar-refractivity contribution in [2.75, 3.05) is 6.61 Å². The van der Waals surface area contributed by atoms with Gasteiger partial charge in [0.05, 0.1) is 28.0 Å². The van der Waals surface area contributed by atoms with Crippen LogP contribution in [-0.4, -0.2) is 22.0 Å². The second-order valence-electron chi connectivity index (χ2n) is 4.88. The Morgan fingerprint density at radius 3 is 2.72 bits per heavy atom. The number of nitrogens with two attached hydrogens (primary N) is 1. The van der Waals surface area contributed by atoms with Crippen LogP contribution >= 0.6 is 15.9 Å². The van der Waals surface area contributed by atoms with Crippen molar-refractivity contribution in [3.05, 3.63) is 16.4 Å². The molecule has 0 aromatic carbocycles. The number of hydrogen-bond donors (Lipinski definition) is 1. The van der Waals surface area contributed by atoms with Gasteiger partial charge in [0.2, 0.25) is 0 Å². The van der Waals surface area contributed by atoms with Crippen molar-refractivity contribution in [1.82, 2.24) is 9.78 Å². The highest BCUT2D eigenvalue weighted by Gasteiger charge is 2.43. The van der Waals surface area contributed by atoms with Gasteiger partial charge in [-0.05, 0) is 42.6 Å². The third-order valence-corrected chi connectivity index (χ3v) is 4.49. The molecule has 1 aromatic heterocycles. The Labute approximate surface area is 117 Å². The first kappa shape index (κ1) is 14.0. The van der Waals surface area contributed by atoms with Crippen LogP contribution in [-0.2, 0) is 11.3 Å². The maximum Gasteiger partial charge on any atom is 0.0889 e. The number of ether oxygens (including phenoxy) is 1. The Kier molecular flexibility index (Phi) is 4.45. The Morgan fingerprint density at radius 2 is 2.17 bits per heavy atom. The lowest BCUT2D eigenvalue weighted by Crippen LogP contribution is -2.42. The van der Waals surface area contributed by atoms with Crippen LogP contribution in [0, 0.1) is 0 Å². The first-order chi connectivity index (χ1) is 8.64. The third-order valence-electron chi connectivity index (χ3n) is 3.88. The molecule has 0 aliphatic heterocycles. The lowest BCUT2D eigenvalue weighted by atomic mass is 9.90. The summed E-state index contributed by atoms with van der Waals surface area (Å²) in [6.45, 7) is 5.67. The SMILES string of the molecule is CCOC1(C(N)c2c(Br)cnn2CC)CCCC1. The summed E-state index contributed by atoms with van der Waals surface area (Å²) in [5.74, 6) is 0.